The molecule has 0 spiro atoms. The first-order valence-corrected chi connectivity index (χ1v) is 13.2. The van der Waals surface area contributed by atoms with Gasteiger partial charge in [0.15, 0.2) is 11.4 Å². The summed E-state index contributed by atoms with van der Waals surface area (Å²) in [5, 5.41) is 60.0. The number of aliphatic hydroxyl groups excluding tert-OH is 3. The molecule has 1 heterocycles. The Morgan fingerprint density at radius 2 is 1.77 bits per heavy atom. The zero-order chi connectivity index (χ0) is 28.5. The number of phenolic OH excluding ortho intramolecular Hbond substituents is 1. The molecular weight excluding hydrogens is 508 g/mol. The van der Waals surface area contributed by atoms with Crippen LogP contribution in [0.1, 0.15) is 24.0 Å². The molecule has 1 aromatic rings. The van der Waals surface area contributed by atoms with Crippen LogP contribution in [0.15, 0.2) is 17.7 Å². The van der Waals surface area contributed by atoms with E-state index in [1.807, 2.05) is 7.05 Å². The second-order valence-corrected chi connectivity index (χ2v) is 11.6. The molecule has 12 heteroatoms. The Kier molecular flexibility index (Phi) is 6.75. The summed E-state index contributed by atoms with van der Waals surface area (Å²) in [5.41, 5.74) is 2.89. The van der Waals surface area contributed by atoms with Crippen LogP contribution in [0.25, 0.3) is 5.76 Å². The number of amides is 1. The third kappa shape index (κ3) is 3.96. The number of nitrogens with two attached hydrogens (primary N) is 1. The van der Waals surface area contributed by atoms with Crippen LogP contribution in [0.5, 0.6) is 5.75 Å². The number of ketones is 2. The quantitative estimate of drug-likeness (QED) is 0.174. The van der Waals surface area contributed by atoms with Gasteiger partial charge in [-0.15, -0.1) is 0 Å². The maximum atomic E-state index is 13.9. The molecule has 3 aliphatic carbocycles. The number of aromatic hydroxyl groups is 1. The third-order valence-corrected chi connectivity index (χ3v) is 9.12. The second-order valence-electron chi connectivity index (χ2n) is 11.6. The summed E-state index contributed by atoms with van der Waals surface area (Å²) in [6, 6.07) is 2.30. The van der Waals surface area contributed by atoms with Crippen molar-refractivity contribution in [3.05, 3.63) is 28.8 Å². The molecular formula is C27H36N4O8. The summed E-state index contributed by atoms with van der Waals surface area (Å²) in [4.78, 5) is 43.1. The van der Waals surface area contributed by atoms with Crippen LogP contribution in [0.2, 0.25) is 0 Å². The summed E-state index contributed by atoms with van der Waals surface area (Å²) in [5.74, 6) is -9.06. The number of piperidine rings is 1. The van der Waals surface area contributed by atoms with Crippen molar-refractivity contribution in [1.29, 1.82) is 0 Å². The molecule has 8 N–H and O–H groups in total. The fourth-order valence-corrected chi connectivity index (χ4v) is 7.08. The number of likely N-dealkylation sites (tertiary alicyclic amines) is 1. The van der Waals surface area contributed by atoms with Crippen LogP contribution in [0.3, 0.4) is 0 Å². The molecule has 39 heavy (non-hydrogen) atoms. The average molecular weight is 545 g/mol. The number of aliphatic hydroxyl groups is 4. The van der Waals surface area contributed by atoms with E-state index in [0.717, 1.165) is 25.9 Å². The molecule has 12 nitrogen and oxygen atoms in total. The zero-order valence-corrected chi connectivity index (χ0v) is 22.2. The molecule has 7 atom stereocenters. The summed E-state index contributed by atoms with van der Waals surface area (Å²) in [6.45, 7) is 1.77. The Hall–Kier alpha value is -3.03. The van der Waals surface area contributed by atoms with Crippen molar-refractivity contribution in [2.45, 2.75) is 49.2 Å². The number of nitrogens with zero attached hydrogens (tertiary/aromatic N) is 2. The van der Waals surface area contributed by atoms with Crippen LogP contribution in [-0.2, 0) is 20.8 Å². The number of fused-ring (bicyclic) bond motifs is 3. The largest absolute Gasteiger partial charge is 0.507 e. The second kappa shape index (κ2) is 9.56. The molecule has 2 saturated carbocycles. The maximum Gasteiger partial charge on any atom is 0.230 e. The number of benzene rings is 1. The first-order chi connectivity index (χ1) is 18.3. The fourth-order valence-electron chi connectivity index (χ4n) is 7.08. The van der Waals surface area contributed by atoms with Crippen molar-refractivity contribution < 1.29 is 39.9 Å². The van der Waals surface area contributed by atoms with E-state index in [2.05, 4.69) is 10.2 Å². The normalized spacial score (nSPS) is 35.5. The number of anilines is 1. The number of carbonyl (C=O) groups is 3. The van der Waals surface area contributed by atoms with Crippen LogP contribution < -0.4 is 11.1 Å². The number of primary amides is 1. The van der Waals surface area contributed by atoms with E-state index in [1.54, 1.807) is 12.1 Å². The molecule has 1 amide bonds. The van der Waals surface area contributed by atoms with E-state index in [4.69, 9.17) is 5.73 Å². The van der Waals surface area contributed by atoms with Gasteiger partial charge in [0.05, 0.1) is 23.5 Å². The number of Topliss-reactive ketones (excluding diaryl/α,β-unsaturated/α-hetero) is 2. The SMILES string of the molecule is CN1CCC(Nc2ccc3c(c2O)C(O)=C2C(=O)[C@@]4(O)C(=O)C(C(N)=O)C(O)[C@H](N(C)C)[C@H]4[C@H](O)[C@H]2C3)CC1. The van der Waals surface area contributed by atoms with E-state index in [-0.39, 0.29) is 23.8 Å². The van der Waals surface area contributed by atoms with Crippen LogP contribution in [-0.4, -0.2) is 117 Å². The van der Waals surface area contributed by atoms with Gasteiger partial charge in [-0.2, -0.15) is 0 Å². The summed E-state index contributed by atoms with van der Waals surface area (Å²) < 4.78 is 0. The van der Waals surface area contributed by atoms with Crippen LogP contribution in [0, 0.1) is 17.8 Å². The van der Waals surface area contributed by atoms with Gasteiger partial charge in [-0.3, -0.25) is 14.4 Å². The molecule has 0 bridgehead atoms. The number of rotatable bonds is 4. The highest BCUT2D eigenvalue weighted by atomic mass is 16.3. The highest BCUT2D eigenvalue weighted by Gasteiger charge is 2.70. The highest BCUT2D eigenvalue weighted by molar-refractivity contribution is 6.25. The Morgan fingerprint density at radius 3 is 2.36 bits per heavy atom. The third-order valence-electron chi connectivity index (χ3n) is 9.12. The minimum Gasteiger partial charge on any atom is -0.507 e. The van der Waals surface area contributed by atoms with Gasteiger partial charge in [-0.25, -0.2) is 0 Å². The predicted molar refractivity (Wildman–Crippen MR) is 140 cm³/mol. The van der Waals surface area contributed by atoms with Gasteiger partial charge in [0.2, 0.25) is 11.7 Å². The molecule has 1 aliphatic heterocycles. The average Bonchev–Trinajstić information content (AvgIpc) is 2.86. The first kappa shape index (κ1) is 27.5. The smallest absolute Gasteiger partial charge is 0.230 e. The van der Waals surface area contributed by atoms with Crippen molar-refractivity contribution in [2.75, 3.05) is 39.5 Å². The minimum atomic E-state index is -2.93. The molecule has 4 aliphatic rings. The Balaban J connectivity index is 1.60. The van der Waals surface area contributed by atoms with Crippen LogP contribution >= 0.6 is 0 Å². The summed E-state index contributed by atoms with van der Waals surface area (Å²) >= 11 is 0. The van der Waals surface area contributed by atoms with E-state index in [0.29, 0.717) is 11.3 Å². The monoisotopic (exact) mass is 544 g/mol. The zero-order valence-electron chi connectivity index (χ0n) is 22.2. The lowest BCUT2D eigenvalue weighted by molar-refractivity contribution is -0.198. The molecule has 1 aromatic carbocycles. The van der Waals surface area contributed by atoms with Crippen molar-refractivity contribution in [1.82, 2.24) is 9.80 Å². The molecule has 5 rings (SSSR count). The lowest BCUT2D eigenvalue weighted by Crippen LogP contribution is -2.76. The molecule has 1 saturated heterocycles. The molecule has 0 aromatic heterocycles. The van der Waals surface area contributed by atoms with Crippen molar-refractivity contribution in [3.63, 3.8) is 0 Å². The van der Waals surface area contributed by atoms with Crippen molar-refractivity contribution >= 4 is 28.9 Å². The van der Waals surface area contributed by atoms with E-state index >= 15 is 0 Å². The first-order valence-electron chi connectivity index (χ1n) is 13.2. The topological polar surface area (TPSA) is 197 Å². The number of likely N-dealkylation sites (N-methyl/N-ethyl adjacent to an activating group) is 1. The van der Waals surface area contributed by atoms with Gasteiger partial charge in [-0.05, 0) is 65.1 Å². The van der Waals surface area contributed by atoms with Gasteiger partial charge in [0.25, 0.3) is 0 Å². The van der Waals surface area contributed by atoms with E-state index in [1.165, 1.54) is 19.0 Å². The van der Waals surface area contributed by atoms with Gasteiger partial charge in [0, 0.05) is 29.5 Å². The summed E-state index contributed by atoms with van der Waals surface area (Å²) in [6.07, 6.45) is -1.51. The van der Waals surface area contributed by atoms with Crippen molar-refractivity contribution in [3.8, 4) is 5.75 Å². The number of nitrogens with one attached hydrogen (secondary N) is 1. The number of phenols is 1. The van der Waals surface area contributed by atoms with Gasteiger partial charge < -0.3 is 46.4 Å². The maximum absolute atomic E-state index is 13.9. The van der Waals surface area contributed by atoms with E-state index < -0.39 is 70.4 Å². The number of carbonyl (C=O) groups excluding carboxylic acids is 3. The van der Waals surface area contributed by atoms with Gasteiger partial charge in [0.1, 0.15) is 17.4 Å². The van der Waals surface area contributed by atoms with E-state index in [9.17, 15) is 39.9 Å². The van der Waals surface area contributed by atoms with Crippen molar-refractivity contribution in [2.24, 2.45) is 23.5 Å². The highest BCUT2D eigenvalue weighted by Crippen LogP contribution is 2.53. The number of hydrogen-bond acceptors (Lipinski definition) is 11. The Labute approximate surface area is 225 Å². The minimum absolute atomic E-state index is 0.0133. The predicted octanol–water partition coefficient (Wildman–Crippen LogP) is -1.39. The standard InChI is InChI=1S/C27H36N4O8/c1-30(2)19-18-20(32)13-10-11-4-5-14(29-12-6-8-31(3)9-7-12)21(33)15(11)22(34)16(13)24(36)27(18,39)25(37)17(23(19)35)26(28)38/h4-5,12-13,17-20,23,29,32-35,39H,6-10H2,1-3H3,(H2,28,38)/t13-,17?,18-,19+,20+,23?,27+/m0/s1. The van der Waals surface area contributed by atoms with Crippen LogP contribution in [0.4, 0.5) is 5.69 Å². The van der Waals surface area contributed by atoms with Gasteiger partial charge in [-0.1, -0.05) is 6.07 Å². The molecule has 212 valence electrons. The molecule has 2 unspecified atom stereocenters. The Morgan fingerprint density at radius 1 is 1.13 bits per heavy atom. The molecule has 0 radical (unpaired) electrons. The van der Waals surface area contributed by atoms with Gasteiger partial charge >= 0.3 is 0 Å². The fraction of sp³-hybridized carbons (Fsp3) is 0.593. The summed E-state index contributed by atoms with van der Waals surface area (Å²) in [7, 11) is 5.08. The molecule has 3 fully saturated rings. The number of hydrogen-bond donors (Lipinski definition) is 7. The Bertz CT molecular complexity index is 1260. The lowest BCUT2D eigenvalue weighted by Gasteiger charge is -2.55. The lowest BCUT2D eigenvalue weighted by atomic mass is 9.53.